The van der Waals surface area contributed by atoms with Crippen LogP contribution in [0.4, 0.5) is 4.39 Å². The molecule has 0 aliphatic carbocycles. The van der Waals surface area contributed by atoms with Crippen molar-refractivity contribution in [2.75, 3.05) is 6.54 Å². The van der Waals surface area contributed by atoms with Gasteiger partial charge in [0, 0.05) is 22.8 Å². The Bertz CT molecular complexity index is 1000. The largest absolute Gasteiger partial charge is 0.334 e. The van der Waals surface area contributed by atoms with E-state index in [-0.39, 0.29) is 5.82 Å². The molecule has 3 heteroatoms. The van der Waals surface area contributed by atoms with Gasteiger partial charge in [-0.1, -0.05) is 54.6 Å². The van der Waals surface area contributed by atoms with Crippen molar-refractivity contribution in [1.29, 1.82) is 0 Å². The highest BCUT2D eigenvalue weighted by molar-refractivity contribution is 6.10. The molecule has 4 rings (SSSR count). The van der Waals surface area contributed by atoms with Gasteiger partial charge < -0.3 is 10.3 Å². The highest BCUT2D eigenvalue weighted by atomic mass is 19.1. The fourth-order valence-corrected chi connectivity index (χ4v) is 3.53. The Morgan fingerprint density at radius 3 is 2.46 bits per heavy atom. The molecule has 2 N–H and O–H groups in total. The fraction of sp³-hybridized carbons (Fsp3) is 0.143. The van der Waals surface area contributed by atoms with Gasteiger partial charge in [0.2, 0.25) is 0 Å². The van der Waals surface area contributed by atoms with E-state index < -0.39 is 0 Å². The zero-order valence-electron chi connectivity index (χ0n) is 13.4. The lowest BCUT2D eigenvalue weighted by molar-refractivity contribution is 0.630. The number of hydrogen-bond acceptors (Lipinski definition) is 1. The minimum absolute atomic E-state index is 0.182. The summed E-state index contributed by atoms with van der Waals surface area (Å²) in [6.45, 7) is 1.23. The van der Waals surface area contributed by atoms with Crippen LogP contribution in [0.5, 0.6) is 0 Å². The molecule has 3 aromatic carbocycles. The molecule has 2 nitrogen and oxygen atoms in total. The van der Waals surface area contributed by atoms with Gasteiger partial charge in [0.15, 0.2) is 0 Å². The second-order valence-electron chi connectivity index (χ2n) is 6.06. The minimum Gasteiger partial charge on any atom is -0.334 e. The van der Waals surface area contributed by atoms with Gasteiger partial charge >= 0.3 is 0 Å². The molecule has 0 bridgehead atoms. The summed E-state index contributed by atoms with van der Waals surface area (Å²) in [6, 6.07) is 21.7. The van der Waals surface area contributed by atoms with Crippen LogP contribution in [0.2, 0.25) is 0 Å². The fourth-order valence-electron chi connectivity index (χ4n) is 3.53. The zero-order chi connectivity index (χ0) is 16.5. The van der Waals surface area contributed by atoms with Crippen LogP contribution in [0, 0.1) is 5.82 Å². The molecule has 0 aliphatic heterocycles. The molecular weight excluding hydrogens is 299 g/mol. The Kier molecular flexibility index (Phi) is 3.79. The van der Waals surface area contributed by atoms with E-state index in [0.717, 1.165) is 28.3 Å². The SMILES string of the molecule is NCCc1cccc2c1c1cccc(F)c1n2Cc1ccccc1. The summed E-state index contributed by atoms with van der Waals surface area (Å²) in [4.78, 5) is 0. The molecule has 0 amide bonds. The van der Waals surface area contributed by atoms with Gasteiger partial charge in [-0.05, 0) is 36.2 Å². The molecule has 120 valence electrons. The van der Waals surface area contributed by atoms with Crippen LogP contribution in [0.25, 0.3) is 21.8 Å². The third-order valence-corrected chi connectivity index (χ3v) is 4.54. The number of hydrogen-bond donors (Lipinski definition) is 1. The first-order chi connectivity index (χ1) is 11.8. The number of aromatic nitrogens is 1. The van der Waals surface area contributed by atoms with Gasteiger partial charge in [-0.2, -0.15) is 0 Å². The number of para-hydroxylation sites is 1. The molecular formula is C21H19FN2. The summed E-state index contributed by atoms with van der Waals surface area (Å²) in [5, 5.41) is 2.08. The van der Waals surface area contributed by atoms with Crippen molar-refractivity contribution in [2.45, 2.75) is 13.0 Å². The molecule has 0 aliphatic rings. The van der Waals surface area contributed by atoms with Crippen LogP contribution >= 0.6 is 0 Å². The first kappa shape index (κ1) is 14.9. The third-order valence-electron chi connectivity index (χ3n) is 4.54. The van der Waals surface area contributed by atoms with E-state index in [2.05, 4.69) is 28.8 Å². The molecule has 4 aromatic rings. The van der Waals surface area contributed by atoms with Gasteiger partial charge in [0.05, 0.1) is 5.52 Å². The number of halogens is 1. The average molecular weight is 318 g/mol. The van der Waals surface area contributed by atoms with Crippen LogP contribution in [0.15, 0.2) is 66.7 Å². The second kappa shape index (κ2) is 6.10. The average Bonchev–Trinajstić information content (AvgIpc) is 2.92. The maximum atomic E-state index is 14.7. The summed E-state index contributed by atoms with van der Waals surface area (Å²) in [5.41, 5.74) is 9.84. The summed E-state index contributed by atoms with van der Waals surface area (Å²) >= 11 is 0. The van der Waals surface area contributed by atoms with Gasteiger partial charge in [0.1, 0.15) is 5.82 Å². The van der Waals surface area contributed by atoms with Crippen molar-refractivity contribution in [1.82, 2.24) is 4.57 Å². The summed E-state index contributed by atoms with van der Waals surface area (Å²) < 4.78 is 16.7. The van der Waals surface area contributed by atoms with Crippen molar-refractivity contribution in [3.63, 3.8) is 0 Å². The molecule has 0 unspecified atom stereocenters. The van der Waals surface area contributed by atoms with E-state index in [1.54, 1.807) is 6.07 Å². The van der Waals surface area contributed by atoms with Crippen molar-refractivity contribution in [2.24, 2.45) is 5.73 Å². The lowest BCUT2D eigenvalue weighted by Gasteiger charge is -2.09. The Hall–Kier alpha value is -2.65. The lowest BCUT2D eigenvalue weighted by Crippen LogP contribution is -2.03. The minimum atomic E-state index is -0.182. The number of fused-ring (bicyclic) bond motifs is 3. The Balaban J connectivity index is 2.05. The highest BCUT2D eigenvalue weighted by Crippen LogP contribution is 2.33. The number of rotatable bonds is 4. The molecule has 0 atom stereocenters. The monoisotopic (exact) mass is 318 g/mol. The van der Waals surface area contributed by atoms with E-state index in [0.29, 0.717) is 18.6 Å². The van der Waals surface area contributed by atoms with Crippen LogP contribution in [0.1, 0.15) is 11.1 Å². The van der Waals surface area contributed by atoms with Crippen LogP contribution < -0.4 is 5.73 Å². The zero-order valence-corrected chi connectivity index (χ0v) is 13.4. The molecule has 1 aromatic heterocycles. The summed E-state index contributed by atoms with van der Waals surface area (Å²) in [6.07, 6.45) is 0.790. The van der Waals surface area contributed by atoms with Crippen molar-refractivity contribution >= 4 is 21.8 Å². The van der Waals surface area contributed by atoms with E-state index in [4.69, 9.17) is 5.73 Å². The quantitative estimate of drug-likeness (QED) is 0.591. The third kappa shape index (κ3) is 2.38. The molecule has 0 radical (unpaired) electrons. The van der Waals surface area contributed by atoms with E-state index >= 15 is 0 Å². The van der Waals surface area contributed by atoms with E-state index in [1.165, 1.54) is 11.6 Å². The summed E-state index contributed by atoms with van der Waals surface area (Å²) in [7, 11) is 0. The number of benzene rings is 3. The molecule has 0 saturated carbocycles. The van der Waals surface area contributed by atoms with Gasteiger partial charge in [0.25, 0.3) is 0 Å². The molecule has 24 heavy (non-hydrogen) atoms. The normalized spacial score (nSPS) is 11.4. The van der Waals surface area contributed by atoms with Crippen LogP contribution in [-0.4, -0.2) is 11.1 Å². The first-order valence-corrected chi connectivity index (χ1v) is 8.22. The number of nitrogens with zero attached hydrogens (tertiary/aromatic N) is 1. The predicted molar refractivity (Wildman–Crippen MR) is 97.7 cm³/mol. The van der Waals surface area contributed by atoms with Crippen LogP contribution in [-0.2, 0) is 13.0 Å². The standard InChI is InChI=1S/C21H19FN2/c22-18-10-5-9-17-20-16(12-13-23)8-4-11-19(20)24(21(17)18)14-15-6-2-1-3-7-15/h1-11H,12-14,23H2. The van der Waals surface area contributed by atoms with Crippen molar-refractivity contribution in [3.05, 3.63) is 83.7 Å². The topological polar surface area (TPSA) is 30.9 Å². The molecule has 0 saturated heterocycles. The Morgan fingerprint density at radius 2 is 1.67 bits per heavy atom. The smallest absolute Gasteiger partial charge is 0.147 e. The molecule has 0 fully saturated rings. The molecule has 1 heterocycles. The highest BCUT2D eigenvalue weighted by Gasteiger charge is 2.16. The number of nitrogens with two attached hydrogens (primary N) is 1. The van der Waals surface area contributed by atoms with Gasteiger partial charge in [-0.15, -0.1) is 0 Å². The maximum absolute atomic E-state index is 14.7. The summed E-state index contributed by atoms with van der Waals surface area (Å²) in [5.74, 6) is -0.182. The lowest BCUT2D eigenvalue weighted by atomic mass is 10.0. The first-order valence-electron chi connectivity index (χ1n) is 8.22. The van der Waals surface area contributed by atoms with Crippen molar-refractivity contribution < 1.29 is 4.39 Å². The van der Waals surface area contributed by atoms with E-state index in [9.17, 15) is 4.39 Å². The van der Waals surface area contributed by atoms with E-state index in [1.807, 2.05) is 30.3 Å². The predicted octanol–water partition coefficient (Wildman–Crippen LogP) is 4.48. The van der Waals surface area contributed by atoms with Crippen molar-refractivity contribution in [3.8, 4) is 0 Å². The second-order valence-corrected chi connectivity index (χ2v) is 6.06. The molecule has 0 spiro atoms. The Labute approximate surface area is 140 Å². The van der Waals surface area contributed by atoms with Crippen LogP contribution in [0.3, 0.4) is 0 Å². The van der Waals surface area contributed by atoms with Gasteiger partial charge in [-0.3, -0.25) is 0 Å². The maximum Gasteiger partial charge on any atom is 0.147 e. The van der Waals surface area contributed by atoms with Gasteiger partial charge in [-0.25, -0.2) is 4.39 Å². The Morgan fingerprint density at radius 1 is 0.875 bits per heavy atom.